The number of anilines is 2. The Morgan fingerprint density at radius 3 is 2.56 bits per heavy atom. The highest BCUT2D eigenvalue weighted by Gasteiger charge is 2.17. The third kappa shape index (κ3) is 3.65. The molecule has 128 valence electrons. The Labute approximate surface area is 146 Å². The molecule has 0 spiro atoms. The second kappa shape index (κ2) is 7.12. The quantitative estimate of drug-likeness (QED) is 0.713. The molecule has 25 heavy (non-hydrogen) atoms. The van der Waals surface area contributed by atoms with Gasteiger partial charge in [0.25, 0.3) is 0 Å². The molecular weight excluding hydrogens is 316 g/mol. The van der Waals surface area contributed by atoms with Gasteiger partial charge in [0.15, 0.2) is 5.82 Å². The van der Waals surface area contributed by atoms with Crippen LogP contribution in [0, 0.1) is 0 Å². The fourth-order valence-corrected chi connectivity index (χ4v) is 2.49. The molecule has 1 aromatic carbocycles. The van der Waals surface area contributed by atoms with Crippen molar-refractivity contribution in [2.45, 2.75) is 6.54 Å². The van der Waals surface area contributed by atoms with E-state index >= 15 is 0 Å². The highest BCUT2D eigenvalue weighted by Crippen LogP contribution is 2.24. The maximum Gasteiger partial charge on any atom is 0.248 e. The number of benzene rings is 1. The molecule has 0 saturated heterocycles. The average molecular weight is 336 g/mol. The number of likely N-dealkylation sites (N-methyl/N-ethyl adjacent to an activating group) is 1. The van der Waals surface area contributed by atoms with Crippen molar-refractivity contribution >= 4 is 17.4 Å². The van der Waals surface area contributed by atoms with Gasteiger partial charge in [0.1, 0.15) is 12.2 Å². The Bertz CT molecular complexity index is 859. The first-order chi connectivity index (χ1) is 12.1. The topological polar surface area (TPSA) is 67.2 Å². The van der Waals surface area contributed by atoms with Crippen LogP contribution in [0.3, 0.4) is 0 Å². The summed E-state index contributed by atoms with van der Waals surface area (Å²) >= 11 is 0. The zero-order valence-electron chi connectivity index (χ0n) is 14.5. The summed E-state index contributed by atoms with van der Waals surface area (Å²) in [5.41, 5.74) is 2.46. The predicted molar refractivity (Wildman–Crippen MR) is 97.4 cm³/mol. The van der Waals surface area contributed by atoms with Crippen molar-refractivity contribution in [1.29, 1.82) is 0 Å². The summed E-state index contributed by atoms with van der Waals surface area (Å²) in [6.45, 7) is 0.109. The highest BCUT2D eigenvalue weighted by molar-refractivity contribution is 5.95. The van der Waals surface area contributed by atoms with Gasteiger partial charge in [-0.05, 0) is 12.1 Å². The van der Waals surface area contributed by atoms with Crippen molar-refractivity contribution < 1.29 is 4.79 Å². The Morgan fingerprint density at radius 2 is 1.84 bits per heavy atom. The number of aromatic nitrogens is 4. The lowest BCUT2D eigenvalue weighted by atomic mass is 10.2. The van der Waals surface area contributed by atoms with E-state index in [2.05, 4.69) is 15.3 Å². The Morgan fingerprint density at radius 1 is 1.08 bits per heavy atom. The van der Waals surface area contributed by atoms with Crippen LogP contribution < -0.4 is 9.80 Å². The lowest BCUT2D eigenvalue weighted by molar-refractivity contribution is -0.119. The van der Waals surface area contributed by atoms with E-state index in [1.54, 1.807) is 29.0 Å². The standard InChI is InChI=1S/C18H20N6O/c1-22(2)18-16(10-7-11-19-18)23(3)17(25)13-24-12-15(20-21-24)14-8-5-4-6-9-14/h4-12H,13H2,1-3H3. The molecule has 0 fully saturated rings. The molecule has 7 heteroatoms. The third-order valence-electron chi connectivity index (χ3n) is 3.83. The number of hydrogen-bond acceptors (Lipinski definition) is 5. The molecule has 7 nitrogen and oxygen atoms in total. The molecule has 0 saturated carbocycles. The molecule has 0 N–H and O–H groups in total. The van der Waals surface area contributed by atoms with E-state index in [1.807, 2.05) is 61.5 Å². The molecule has 3 rings (SSSR count). The Kier molecular flexibility index (Phi) is 4.74. The SMILES string of the molecule is CN(C)c1ncccc1N(C)C(=O)Cn1cc(-c2ccccc2)nn1. The van der Waals surface area contributed by atoms with Crippen LogP contribution in [0.1, 0.15) is 0 Å². The predicted octanol–water partition coefficient (Wildman–Crippen LogP) is 2.07. The Balaban J connectivity index is 1.76. The van der Waals surface area contributed by atoms with Crippen LogP contribution in [0.15, 0.2) is 54.9 Å². The van der Waals surface area contributed by atoms with Crippen LogP contribution in [0.2, 0.25) is 0 Å². The van der Waals surface area contributed by atoms with E-state index < -0.39 is 0 Å². The van der Waals surface area contributed by atoms with Gasteiger partial charge in [-0.25, -0.2) is 9.67 Å². The van der Waals surface area contributed by atoms with Gasteiger partial charge in [0, 0.05) is 32.9 Å². The van der Waals surface area contributed by atoms with Crippen LogP contribution in [0.4, 0.5) is 11.5 Å². The summed E-state index contributed by atoms with van der Waals surface area (Å²) in [4.78, 5) is 20.4. The first-order valence-electron chi connectivity index (χ1n) is 7.90. The highest BCUT2D eigenvalue weighted by atomic mass is 16.2. The molecule has 2 aromatic heterocycles. The molecule has 0 aliphatic heterocycles. The van der Waals surface area contributed by atoms with E-state index in [9.17, 15) is 4.79 Å². The maximum atomic E-state index is 12.6. The van der Waals surface area contributed by atoms with E-state index in [0.717, 1.165) is 22.8 Å². The molecule has 0 radical (unpaired) electrons. The van der Waals surface area contributed by atoms with Gasteiger partial charge in [-0.15, -0.1) is 5.10 Å². The molecule has 0 aliphatic carbocycles. The second-order valence-corrected chi connectivity index (χ2v) is 5.86. The zero-order chi connectivity index (χ0) is 17.8. The monoisotopic (exact) mass is 336 g/mol. The van der Waals surface area contributed by atoms with Crippen LogP contribution in [0.25, 0.3) is 11.3 Å². The Hall–Kier alpha value is -3.22. The van der Waals surface area contributed by atoms with Crippen molar-refractivity contribution in [2.75, 3.05) is 30.9 Å². The minimum Gasteiger partial charge on any atom is -0.361 e. The van der Waals surface area contributed by atoms with Gasteiger partial charge in [0.2, 0.25) is 5.91 Å². The molecular formula is C18H20N6O. The van der Waals surface area contributed by atoms with Crippen molar-refractivity contribution in [3.05, 3.63) is 54.9 Å². The van der Waals surface area contributed by atoms with Gasteiger partial charge in [-0.2, -0.15) is 0 Å². The fraction of sp³-hybridized carbons (Fsp3) is 0.222. The first kappa shape index (κ1) is 16.6. The fourth-order valence-electron chi connectivity index (χ4n) is 2.49. The number of hydrogen-bond donors (Lipinski definition) is 0. The largest absolute Gasteiger partial charge is 0.361 e. The number of carbonyl (C=O) groups is 1. The van der Waals surface area contributed by atoms with Gasteiger partial charge in [-0.3, -0.25) is 4.79 Å². The summed E-state index contributed by atoms with van der Waals surface area (Å²) in [6.07, 6.45) is 3.48. The van der Waals surface area contributed by atoms with Crippen LogP contribution in [-0.2, 0) is 11.3 Å². The molecule has 0 bridgehead atoms. The van der Waals surface area contributed by atoms with Crippen LogP contribution in [-0.4, -0.2) is 47.0 Å². The number of rotatable bonds is 5. The lowest BCUT2D eigenvalue weighted by Gasteiger charge is -2.23. The lowest BCUT2D eigenvalue weighted by Crippen LogP contribution is -2.31. The summed E-state index contributed by atoms with van der Waals surface area (Å²) in [6, 6.07) is 13.4. The number of amides is 1. The van der Waals surface area contributed by atoms with Crippen molar-refractivity contribution in [3.63, 3.8) is 0 Å². The first-order valence-corrected chi connectivity index (χ1v) is 7.90. The van der Waals surface area contributed by atoms with E-state index in [-0.39, 0.29) is 12.5 Å². The van der Waals surface area contributed by atoms with Crippen LogP contribution >= 0.6 is 0 Å². The third-order valence-corrected chi connectivity index (χ3v) is 3.83. The van der Waals surface area contributed by atoms with Crippen molar-refractivity contribution in [2.24, 2.45) is 0 Å². The van der Waals surface area contributed by atoms with E-state index in [4.69, 9.17) is 0 Å². The maximum absolute atomic E-state index is 12.6. The van der Waals surface area contributed by atoms with E-state index in [0.29, 0.717) is 0 Å². The molecule has 0 aliphatic rings. The normalized spacial score (nSPS) is 10.5. The smallest absolute Gasteiger partial charge is 0.248 e. The van der Waals surface area contributed by atoms with Gasteiger partial charge in [-0.1, -0.05) is 35.5 Å². The minimum atomic E-state index is -0.0967. The molecule has 0 unspecified atom stereocenters. The van der Waals surface area contributed by atoms with Gasteiger partial charge >= 0.3 is 0 Å². The summed E-state index contributed by atoms with van der Waals surface area (Å²) in [5.74, 6) is 0.641. The van der Waals surface area contributed by atoms with Crippen molar-refractivity contribution in [1.82, 2.24) is 20.0 Å². The van der Waals surface area contributed by atoms with Gasteiger partial charge in [0.05, 0.1) is 11.9 Å². The van der Waals surface area contributed by atoms with Crippen molar-refractivity contribution in [3.8, 4) is 11.3 Å². The minimum absolute atomic E-state index is 0.0967. The summed E-state index contributed by atoms with van der Waals surface area (Å²) in [5, 5.41) is 8.20. The zero-order valence-corrected chi connectivity index (χ0v) is 14.5. The summed E-state index contributed by atoms with van der Waals surface area (Å²) in [7, 11) is 5.53. The van der Waals surface area contributed by atoms with Crippen LogP contribution in [0.5, 0.6) is 0 Å². The van der Waals surface area contributed by atoms with E-state index in [1.165, 1.54) is 0 Å². The van der Waals surface area contributed by atoms with Gasteiger partial charge < -0.3 is 9.80 Å². The molecule has 0 atom stereocenters. The summed E-state index contributed by atoms with van der Waals surface area (Å²) < 4.78 is 1.55. The average Bonchev–Trinajstić information content (AvgIpc) is 3.10. The molecule has 3 aromatic rings. The number of nitrogens with zero attached hydrogens (tertiary/aromatic N) is 6. The molecule has 1 amide bonds. The second-order valence-electron chi connectivity index (χ2n) is 5.86. The molecule has 2 heterocycles. The number of carbonyl (C=O) groups excluding carboxylic acids is 1. The number of pyridine rings is 1.